The van der Waals surface area contributed by atoms with Crippen LogP contribution < -0.4 is 4.74 Å². The van der Waals surface area contributed by atoms with Gasteiger partial charge in [0.05, 0.1) is 24.5 Å². The molecule has 2 atom stereocenters. The highest BCUT2D eigenvalue weighted by Crippen LogP contribution is 2.33. The van der Waals surface area contributed by atoms with Gasteiger partial charge in [-0.05, 0) is 24.8 Å². The third-order valence-corrected chi connectivity index (χ3v) is 5.20. The van der Waals surface area contributed by atoms with Gasteiger partial charge in [-0.25, -0.2) is 0 Å². The largest absolute Gasteiger partial charge is 0.483 e. The molecule has 25 heavy (non-hydrogen) atoms. The van der Waals surface area contributed by atoms with Crippen molar-refractivity contribution < 1.29 is 14.9 Å². The maximum atomic E-state index is 10.3. The Balaban J connectivity index is 1.33. The van der Waals surface area contributed by atoms with Crippen molar-refractivity contribution in [1.29, 1.82) is 0 Å². The summed E-state index contributed by atoms with van der Waals surface area (Å²) in [6, 6.07) is 10.1. The zero-order valence-electron chi connectivity index (χ0n) is 14.3. The molecule has 0 bridgehead atoms. The summed E-state index contributed by atoms with van der Waals surface area (Å²) in [5.74, 6) is 0.671. The van der Waals surface area contributed by atoms with Crippen LogP contribution in [0, 0.1) is 0 Å². The van der Waals surface area contributed by atoms with E-state index in [1.807, 2.05) is 29.1 Å². The van der Waals surface area contributed by atoms with Crippen LogP contribution in [0.1, 0.15) is 24.8 Å². The highest BCUT2D eigenvalue weighted by atomic mass is 16.5. The van der Waals surface area contributed by atoms with Crippen molar-refractivity contribution in [2.75, 3.05) is 19.6 Å². The Bertz CT molecular complexity index is 699. The van der Waals surface area contributed by atoms with E-state index in [2.05, 4.69) is 22.1 Å². The van der Waals surface area contributed by atoms with E-state index in [-0.39, 0.29) is 6.10 Å². The molecular weight excluding hydrogens is 318 g/mol. The summed E-state index contributed by atoms with van der Waals surface area (Å²) in [5.41, 5.74) is 0.618. The summed E-state index contributed by atoms with van der Waals surface area (Å²) in [7, 11) is 0. The molecule has 0 radical (unpaired) electrons. The predicted molar refractivity (Wildman–Crippen MR) is 93.4 cm³/mol. The molecule has 1 aromatic carbocycles. The number of nitrogens with zero attached hydrogens (tertiary/aromatic N) is 3. The summed E-state index contributed by atoms with van der Waals surface area (Å²) in [5, 5.41) is 24.9. The van der Waals surface area contributed by atoms with Gasteiger partial charge >= 0.3 is 0 Å². The second-order valence-corrected chi connectivity index (χ2v) is 7.35. The van der Waals surface area contributed by atoms with E-state index in [4.69, 9.17) is 4.74 Å². The third kappa shape index (κ3) is 3.86. The van der Waals surface area contributed by atoms with Crippen molar-refractivity contribution in [3.63, 3.8) is 0 Å². The molecule has 6 nitrogen and oxygen atoms in total. The Morgan fingerprint density at radius 3 is 2.72 bits per heavy atom. The van der Waals surface area contributed by atoms with Crippen molar-refractivity contribution in [2.45, 2.75) is 43.6 Å². The molecule has 2 N–H and O–H groups in total. The van der Waals surface area contributed by atoms with Gasteiger partial charge in [-0.3, -0.25) is 9.58 Å². The molecule has 0 amide bonds. The first-order chi connectivity index (χ1) is 12.1. The van der Waals surface area contributed by atoms with Crippen molar-refractivity contribution in [3.8, 4) is 5.75 Å². The smallest absolute Gasteiger partial charge is 0.157 e. The maximum Gasteiger partial charge on any atom is 0.157 e. The number of hydrogen-bond acceptors (Lipinski definition) is 5. The lowest BCUT2D eigenvalue weighted by Crippen LogP contribution is -2.47. The average Bonchev–Trinajstić information content (AvgIpc) is 3.14. The zero-order valence-corrected chi connectivity index (χ0v) is 14.3. The van der Waals surface area contributed by atoms with Gasteiger partial charge in [0, 0.05) is 19.6 Å². The highest BCUT2D eigenvalue weighted by molar-refractivity contribution is 5.18. The lowest BCUT2D eigenvalue weighted by atomic mass is 9.80. The summed E-state index contributed by atoms with van der Waals surface area (Å²) < 4.78 is 7.78. The second kappa shape index (κ2) is 6.78. The molecule has 1 saturated heterocycles. The molecule has 2 aliphatic rings. The molecule has 0 spiro atoms. The van der Waals surface area contributed by atoms with Crippen LogP contribution in [0.15, 0.2) is 42.7 Å². The summed E-state index contributed by atoms with van der Waals surface area (Å²) in [6.07, 6.45) is 5.54. The van der Waals surface area contributed by atoms with Crippen LogP contribution >= 0.6 is 0 Å². The van der Waals surface area contributed by atoms with Crippen LogP contribution in [0.3, 0.4) is 0 Å². The lowest BCUT2D eigenvalue weighted by molar-refractivity contribution is -0.0565. The number of β-amino-alcohol motifs (C(OH)–C–C–N with tert-alkyl or cyclic N) is 2. The monoisotopic (exact) mass is 343 g/mol. The minimum absolute atomic E-state index is 0.280. The molecular formula is C19H25N3O3. The van der Waals surface area contributed by atoms with Crippen LogP contribution in [-0.4, -0.2) is 62.3 Å². The number of hydrogen-bond donors (Lipinski definition) is 2. The highest BCUT2D eigenvalue weighted by Gasteiger charge is 2.41. The molecule has 1 saturated carbocycles. The number of aliphatic hydroxyl groups is 2. The number of ether oxygens (including phenoxy) is 1. The normalized spacial score (nSPS) is 25.7. The Kier molecular flexibility index (Phi) is 4.50. The van der Waals surface area contributed by atoms with E-state index in [1.54, 1.807) is 6.20 Å². The van der Waals surface area contributed by atoms with Gasteiger partial charge in [0.25, 0.3) is 0 Å². The second-order valence-electron chi connectivity index (χ2n) is 7.35. The maximum absolute atomic E-state index is 10.3. The molecule has 134 valence electrons. The molecule has 2 heterocycles. The topological polar surface area (TPSA) is 70.8 Å². The third-order valence-electron chi connectivity index (χ3n) is 5.20. The number of likely N-dealkylation sites (tertiary alicyclic amines) is 1. The molecule has 4 rings (SSSR count). The summed E-state index contributed by atoms with van der Waals surface area (Å²) in [4.78, 5) is 2.10. The Morgan fingerprint density at radius 2 is 2.00 bits per heavy atom. The number of benzene rings is 1. The van der Waals surface area contributed by atoms with Gasteiger partial charge in [0.2, 0.25) is 0 Å². The summed E-state index contributed by atoms with van der Waals surface area (Å²) >= 11 is 0. The lowest BCUT2D eigenvalue weighted by Gasteiger charge is -2.39. The predicted octanol–water partition coefficient (Wildman–Crippen LogP) is 1.27. The first kappa shape index (κ1) is 16.6. The minimum Gasteiger partial charge on any atom is -0.483 e. The van der Waals surface area contributed by atoms with E-state index in [9.17, 15) is 10.2 Å². The van der Waals surface area contributed by atoms with Crippen LogP contribution in [0.25, 0.3) is 0 Å². The number of rotatable bonds is 6. The molecule has 6 heteroatoms. The Morgan fingerprint density at radius 1 is 1.20 bits per heavy atom. The fraction of sp³-hybridized carbons (Fsp3) is 0.526. The number of aliphatic hydroxyl groups excluding tert-OH is 1. The summed E-state index contributed by atoms with van der Waals surface area (Å²) in [6.45, 7) is 2.49. The Labute approximate surface area is 147 Å². The Hall–Kier alpha value is -1.89. The molecule has 2 fully saturated rings. The van der Waals surface area contributed by atoms with Crippen molar-refractivity contribution in [2.24, 2.45) is 0 Å². The fourth-order valence-electron chi connectivity index (χ4n) is 3.67. The zero-order chi connectivity index (χ0) is 17.3. The first-order valence-corrected chi connectivity index (χ1v) is 8.96. The van der Waals surface area contributed by atoms with Gasteiger partial charge in [0.1, 0.15) is 12.2 Å². The van der Waals surface area contributed by atoms with E-state index >= 15 is 0 Å². The van der Waals surface area contributed by atoms with E-state index < -0.39 is 11.7 Å². The molecule has 2 aromatic rings. The molecule has 1 aromatic heterocycles. The SMILES string of the molecule is O[C@@H]1CN(CC2(O)CCC2)C[C@H]1Oc1cnn(Cc2ccccc2)c1. The van der Waals surface area contributed by atoms with Crippen molar-refractivity contribution >= 4 is 0 Å². The average molecular weight is 343 g/mol. The van der Waals surface area contributed by atoms with Crippen molar-refractivity contribution in [1.82, 2.24) is 14.7 Å². The molecule has 1 aliphatic carbocycles. The van der Waals surface area contributed by atoms with Gasteiger partial charge in [-0.15, -0.1) is 0 Å². The van der Waals surface area contributed by atoms with E-state index in [0.29, 0.717) is 31.9 Å². The van der Waals surface area contributed by atoms with E-state index in [1.165, 1.54) is 5.56 Å². The first-order valence-electron chi connectivity index (χ1n) is 8.96. The van der Waals surface area contributed by atoms with Crippen LogP contribution in [0.5, 0.6) is 5.75 Å². The van der Waals surface area contributed by atoms with Crippen LogP contribution in [0.4, 0.5) is 0 Å². The van der Waals surface area contributed by atoms with Gasteiger partial charge in [0.15, 0.2) is 5.75 Å². The van der Waals surface area contributed by atoms with Gasteiger partial charge in [-0.1, -0.05) is 30.3 Å². The fourth-order valence-corrected chi connectivity index (χ4v) is 3.67. The van der Waals surface area contributed by atoms with Gasteiger partial charge < -0.3 is 14.9 Å². The molecule has 0 unspecified atom stereocenters. The van der Waals surface area contributed by atoms with Crippen molar-refractivity contribution in [3.05, 3.63) is 48.3 Å². The van der Waals surface area contributed by atoms with Crippen LogP contribution in [0.2, 0.25) is 0 Å². The minimum atomic E-state index is -0.560. The van der Waals surface area contributed by atoms with Crippen LogP contribution in [-0.2, 0) is 6.54 Å². The standard InChI is InChI=1S/C19H25N3O3/c23-17-12-21(14-19(24)7-4-8-19)13-18(17)25-16-9-20-22(11-16)10-15-5-2-1-3-6-15/h1-3,5-6,9,11,17-18,23-24H,4,7-8,10,12-14H2/t17-,18-/m1/s1. The van der Waals surface area contributed by atoms with E-state index in [0.717, 1.165) is 19.3 Å². The van der Waals surface area contributed by atoms with Gasteiger partial charge in [-0.2, -0.15) is 5.10 Å². The number of aromatic nitrogens is 2. The quantitative estimate of drug-likeness (QED) is 0.827. The molecule has 1 aliphatic heterocycles.